The minimum absolute atomic E-state index is 0.0416. The second-order valence-corrected chi connectivity index (χ2v) is 7.57. The Bertz CT molecular complexity index is 526. The lowest BCUT2D eigenvalue weighted by Gasteiger charge is -2.06. The molecule has 0 bridgehead atoms. The van der Waals surface area contributed by atoms with Crippen molar-refractivity contribution in [2.75, 3.05) is 24.6 Å². The first kappa shape index (κ1) is 20.4. The molecule has 0 aliphatic heterocycles. The summed E-state index contributed by atoms with van der Waals surface area (Å²) >= 11 is 0. The van der Waals surface area contributed by atoms with Crippen LogP contribution in [0, 0.1) is 0 Å². The summed E-state index contributed by atoms with van der Waals surface area (Å²) in [6.45, 7) is 1.01. The molecule has 0 spiro atoms. The summed E-state index contributed by atoms with van der Waals surface area (Å²) in [6, 6.07) is 8.95. The van der Waals surface area contributed by atoms with E-state index in [1.807, 2.05) is 6.07 Å². The van der Waals surface area contributed by atoms with Crippen molar-refractivity contribution in [1.29, 1.82) is 0 Å². The van der Waals surface area contributed by atoms with Gasteiger partial charge in [0.25, 0.3) is 5.91 Å². The number of amides is 2. The number of carboxylic acids is 1. The maximum atomic E-state index is 11.8. The topological polar surface area (TPSA) is 95.5 Å². The first-order valence-electron chi connectivity index (χ1n) is 7.65. The third kappa shape index (κ3) is 10.2. The lowest BCUT2D eigenvalue weighted by atomic mass is 10.2. The van der Waals surface area contributed by atoms with E-state index in [2.05, 4.69) is 10.6 Å². The van der Waals surface area contributed by atoms with E-state index in [1.54, 1.807) is 35.1 Å². The average Bonchev–Trinajstić information content (AvgIpc) is 2.58. The molecule has 0 saturated heterocycles. The van der Waals surface area contributed by atoms with E-state index in [-0.39, 0.29) is 18.2 Å². The molecule has 132 valence electrons. The Hall–Kier alpha value is -1.67. The molecule has 2 amide bonds. The van der Waals surface area contributed by atoms with Crippen molar-refractivity contribution >= 4 is 39.4 Å². The summed E-state index contributed by atoms with van der Waals surface area (Å²) in [5, 5.41) is 14.1. The molecule has 0 heterocycles. The molecule has 0 unspecified atom stereocenters. The molecular formula is C16H22N2O4S2. The fraction of sp³-hybridized carbons (Fsp3) is 0.438. The predicted molar refractivity (Wildman–Crippen MR) is 98.2 cm³/mol. The van der Waals surface area contributed by atoms with E-state index in [4.69, 9.17) is 5.11 Å². The Morgan fingerprint density at radius 2 is 1.62 bits per heavy atom. The maximum absolute atomic E-state index is 11.8. The van der Waals surface area contributed by atoms with E-state index in [0.717, 1.165) is 5.75 Å². The van der Waals surface area contributed by atoms with Crippen molar-refractivity contribution in [3.63, 3.8) is 0 Å². The van der Waals surface area contributed by atoms with Crippen LogP contribution in [0.1, 0.15) is 29.6 Å². The van der Waals surface area contributed by atoms with Crippen molar-refractivity contribution in [2.45, 2.75) is 19.3 Å². The Balaban J connectivity index is 1.96. The van der Waals surface area contributed by atoms with E-state index in [9.17, 15) is 14.4 Å². The van der Waals surface area contributed by atoms with E-state index >= 15 is 0 Å². The van der Waals surface area contributed by atoms with E-state index in [1.165, 1.54) is 10.8 Å². The minimum Gasteiger partial charge on any atom is -0.481 e. The number of benzene rings is 1. The summed E-state index contributed by atoms with van der Waals surface area (Å²) < 4.78 is 0. The first-order valence-corrected chi connectivity index (χ1v) is 10.1. The molecule has 6 nitrogen and oxygen atoms in total. The highest BCUT2D eigenvalue weighted by Crippen LogP contribution is 2.20. The van der Waals surface area contributed by atoms with Gasteiger partial charge in [-0.05, 0) is 18.6 Å². The Kier molecular flexibility index (Phi) is 10.8. The average molecular weight is 370 g/mol. The van der Waals surface area contributed by atoms with Gasteiger partial charge < -0.3 is 15.7 Å². The number of nitrogens with one attached hydrogen (secondary N) is 2. The molecule has 0 aliphatic carbocycles. The quantitative estimate of drug-likeness (QED) is 0.385. The van der Waals surface area contributed by atoms with Crippen molar-refractivity contribution in [3.8, 4) is 0 Å². The molecule has 1 rings (SSSR count). The van der Waals surface area contributed by atoms with Gasteiger partial charge in [-0.2, -0.15) is 0 Å². The van der Waals surface area contributed by atoms with Crippen LogP contribution >= 0.6 is 21.6 Å². The summed E-state index contributed by atoms with van der Waals surface area (Å²) in [5.74, 6) is 0.331. The zero-order valence-electron chi connectivity index (χ0n) is 13.3. The highest BCUT2D eigenvalue weighted by Gasteiger charge is 2.05. The largest absolute Gasteiger partial charge is 0.481 e. The number of hydrogen-bond donors (Lipinski definition) is 3. The second-order valence-electron chi connectivity index (χ2n) is 4.86. The number of carbonyl (C=O) groups excluding carboxylic acids is 2. The highest BCUT2D eigenvalue weighted by molar-refractivity contribution is 8.76. The van der Waals surface area contributed by atoms with Gasteiger partial charge in [0.2, 0.25) is 5.91 Å². The summed E-state index contributed by atoms with van der Waals surface area (Å²) in [7, 11) is 3.04. The number of aliphatic carboxylic acids is 1. The summed E-state index contributed by atoms with van der Waals surface area (Å²) in [6.07, 6.45) is 1.11. The molecule has 24 heavy (non-hydrogen) atoms. The van der Waals surface area contributed by atoms with Crippen LogP contribution in [0.4, 0.5) is 0 Å². The van der Waals surface area contributed by atoms with Gasteiger partial charge in [-0.1, -0.05) is 39.8 Å². The molecule has 1 aromatic carbocycles. The number of rotatable bonds is 12. The van der Waals surface area contributed by atoms with Gasteiger partial charge in [0.1, 0.15) is 0 Å². The molecule has 1 aromatic rings. The summed E-state index contributed by atoms with van der Waals surface area (Å²) in [4.78, 5) is 33.7. The van der Waals surface area contributed by atoms with Crippen molar-refractivity contribution in [1.82, 2.24) is 10.6 Å². The monoisotopic (exact) mass is 370 g/mol. The van der Waals surface area contributed by atoms with Gasteiger partial charge in [0, 0.05) is 36.6 Å². The standard InChI is InChI=1S/C16H22N2O4S2/c19-14(17-10-12-24-23-11-8-15(20)21)7-4-9-18-16(22)13-5-2-1-3-6-13/h1-3,5-6H,4,7-12H2,(H,17,19)(H,18,22)(H,20,21). The lowest BCUT2D eigenvalue weighted by molar-refractivity contribution is -0.136. The van der Waals surface area contributed by atoms with Crippen LogP contribution in [0.5, 0.6) is 0 Å². The van der Waals surface area contributed by atoms with Crippen molar-refractivity contribution in [3.05, 3.63) is 35.9 Å². The molecule has 0 atom stereocenters. The molecule has 0 saturated carbocycles. The van der Waals surface area contributed by atoms with Gasteiger partial charge in [-0.3, -0.25) is 14.4 Å². The third-order valence-electron chi connectivity index (χ3n) is 2.89. The van der Waals surface area contributed by atoms with Gasteiger partial charge in [0.15, 0.2) is 0 Å². The fourth-order valence-corrected chi connectivity index (χ4v) is 3.60. The van der Waals surface area contributed by atoms with Crippen molar-refractivity contribution in [2.24, 2.45) is 0 Å². The lowest BCUT2D eigenvalue weighted by Crippen LogP contribution is -2.28. The molecule has 0 aromatic heterocycles. The summed E-state index contributed by atoms with van der Waals surface area (Å²) in [5.41, 5.74) is 0.611. The normalized spacial score (nSPS) is 10.2. The Morgan fingerprint density at radius 3 is 2.33 bits per heavy atom. The maximum Gasteiger partial charge on any atom is 0.304 e. The van der Waals surface area contributed by atoms with Crippen LogP contribution in [0.2, 0.25) is 0 Å². The molecule has 8 heteroatoms. The van der Waals surface area contributed by atoms with Crippen LogP contribution in [-0.2, 0) is 9.59 Å². The number of carbonyl (C=O) groups is 3. The van der Waals surface area contributed by atoms with E-state index in [0.29, 0.717) is 37.2 Å². The minimum atomic E-state index is -0.796. The van der Waals surface area contributed by atoms with Gasteiger partial charge in [-0.25, -0.2) is 0 Å². The molecule has 0 radical (unpaired) electrons. The van der Waals surface area contributed by atoms with Crippen LogP contribution in [0.15, 0.2) is 30.3 Å². The first-order chi connectivity index (χ1) is 11.6. The van der Waals surface area contributed by atoms with E-state index < -0.39 is 5.97 Å². The predicted octanol–water partition coefficient (Wildman–Crippen LogP) is 2.17. The molecular weight excluding hydrogens is 348 g/mol. The van der Waals surface area contributed by atoms with Crippen molar-refractivity contribution < 1.29 is 19.5 Å². The van der Waals surface area contributed by atoms with Gasteiger partial charge in [0.05, 0.1) is 6.42 Å². The second kappa shape index (κ2) is 12.7. The Morgan fingerprint density at radius 1 is 0.917 bits per heavy atom. The SMILES string of the molecule is O=C(O)CCSSCCNC(=O)CCCNC(=O)c1ccccc1. The fourth-order valence-electron chi connectivity index (χ4n) is 1.71. The zero-order chi connectivity index (χ0) is 17.6. The van der Waals surface area contributed by atoms with Crippen LogP contribution in [-0.4, -0.2) is 47.5 Å². The number of hydrogen-bond acceptors (Lipinski definition) is 5. The van der Waals surface area contributed by atoms with Crippen LogP contribution in [0.25, 0.3) is 0 Å². The van der Waals surface area contributed by atoms with Gasteiger partial charge >= 0.3 is 5.97 Å². The van der Waals surface area contributed by atoms with Gasteiger partial charge in [-0.15, -0.1) is 0 Å². The number of carboxylic acid groups (broad SMARTS) is 1. The molecule has 3 N–H and O–H groups in total. The zero-order valence-corrected chi connectivity index (χ0v) is 15.0. The van der Waals surface area contributed by atoms with Crippen LogP contribution < -0.4 is 10.6 Å². The Labute approximate surface area is 149 Å². The third-order valence-corrected chi connectivity index (χ3v) is 5.30. The van der Waals surface area contributed by atoms with Crippen LogP contribution in [0.3, 0.4) is 0 Å². The molecule has 0 fully saturated rings. The highest BCUT2D eigenvalue weighted by atomic mass is 33.1. The smallest absolute Gasteiger partial charge is 0.304 e. The molecule has 0 aliphatic rings.